The fraction of sp³-hybridized carbons (Fsp3) is 0.583. The SMILES string of the molecule is COc1cc(C=CC(=O)O[C@H]2[C@H](O[C@@H]3O[C@H](CO)[C@@H](O)[C@H](O)[C@H]3O)[C@@H](O[C@@H]3O[C@H](CO)[C@@H](O)[C@H](O)[C@H]3O)[C@H](OCCc3ccc(O)c(O)c3)O[C@@H]2CO)ccc1O. The normalized spacial score (nSPS) is 35.9. The minimum atomic E-state index is -2.02. The zero-order valence-electron chi connectivity index (χ0n) is 30.4. The van der Waals surface area contributed by atoms with Crippen molar-refractivity contribution in [2.24, 2.45) is 0 Å². The van der Waals surface area contributed by atoms with E-state index in [0.29, 0.717) is 11.1 Å². The minimum Gasteiger partial charge on any atom is -0.504 e. The number of esters is 1. The van der Waals surface area contributed by atoms with Gasteiger partial charge in [0.1, 0.15) is 67.1 Å². The van der Waals surface area contributed by atoms with E-state index in [2.05, 4.69) is 0 Å². The summed E-state index contributed by atoms with van der Waals surface area (Å²) in [6.45, 7) is -2.82. The van der Waals surface area contributed by atoms with E-state index in [1.165, 1.54) is 49.6 Å². The van der Waals surface area contributed by atoms with E-state index in [1.807, 2.05) is 0 Å². The second kappa shape index (κ2) is 19.8. The molecule has 3 aliphatic heterocycles. The van der Waals surface area contributed by atoms with Gasteiger partial charge in [-0.3, -0.25) is 0 Å². The van der Waals surface area contributed by atoms with E-state index >= 15 is 0 Å². The van der Waals surface area contributed by atoms with Crippen molar-refractivity contribution in [3.8, 4) is 23.0 Å². The number of hydrogen-bond acceptors (Lipinski definition) is 21. The summed E-state index contributed by atoms with van der Waals surface area (Å²) in [5.74, 6) is -1.93. The van der Waals surface area contributed by atoms with Crippen molar-refractivity contribution in [1.82, 2.24) is 0 Å². The van der Waals surface area contributed by atoms with Gasteiger partial charge in [0.15, 0.2) is 48.0 Å². The van der Waals surface area contributed by atoms with E-state index in [9.17, 15) is 66.1 Å². The van der Waals surface area contributed by atoms with Crippen LogP contribution in [0.1, 0.15) is 11.1 Å². The predicted octanol–water partition coefficient (Wildman–Crippen LogP) is -3.92. The highest BCUT2D eigenvalue weighted by Crippen LogP contribution is 2.36. The molecule has 0 radical (unpaired) electrons. The molecular formula is C36H48O21. The van der Waals surface area contributed by atoms with Gasteiger partial charge in [0, 0.05) is 6.08 Å². The third-order valence-corrected chi connectivity index (χ3v) is 9.63. The topological polar surface area (TPSA) is 334 Å². The molecule has 12 N–H and O–H groups in total. The molecule has 0 aromatic heterocycles. The number of aromatic hydroxyl groups is 3. The average Bonchev–Trinajstić information content (AvgIpc) is 3.20. The van der Waals surface area contributed by atoms with Crippen LogP contribution in [-0.4, -0.2) is 193 Å². The largest absolute Gasteiger partial charge is 0.504 e. The monoisotopic (exact) mass is 816 g/mol. The van der Waals surface area contributed by atoms with Gasteiger partial charge < -0.3 is 99.2 Å². The standard InChI is InChI=1S/C36H48O21/c1-50-20-11-15(3-6-18(20)41)4-7-24(43)55-31-23(14-39)54-36(51-9-8-16-2-5-17(40)19(42)10-16)33(57-35-30(49)28(47)26(45)22(13-38)53-35)32(31)56-34-29(48)27(46)25(44)21(12-37)52-34/h2-7,10-11,21-23,25-42,44-49H,8-9,12-14H2,1H3/t21-,22-,23-,25-,26-,27+,28+,29-,30-,31-,32+,33-,34+,35+,36-/m1/s1. The highest BCUT2D eigenvalue weighted by molar-refractivity contribution is 5.87. The fourth-order valence-electron chi connectivity index (χ4n) is 6.42. The van der Waals surface area contributed by atoms with E-state index in [1.54, 1.807) is 0 Å². The molecule has 0 saturated carbocycles. The highest BCUT2D eigenvalue weighted by Gasteiger charge is 2.56. The first kappa shape index (κ1) is 44.4. The number of benzene rings is 2. The number of aliphatic hydroxyl groups is 9. The molecule has 3 fully saturated rings. The van der Waals surface area contributed by atoms with Crippen LogP contribution in [0.2, 0.25) is 0 Å². The van der Waals surface area contributed by atoms with E-state index < -0.39 is 124 Å². The van der Waals surface area contributed by atoms with E-state index in [0.717, 1.165) is 6.08 Å². The van der Waals surface area contributed by atoms with Crippen LogP contribution in [0.15, 0.2) is 42.5 Å². The summed E-state index contributed by atoms with van der Waals surface area (Å²) >= 11 is 0. The number of carbonyl (C=O) groups excluding carboxylic acids is 1. The van der Waals surface area contributed by atoms with Crippen LogP contribution < -0.4 is 4.74 Å². The van der Waals surface area contributed by atoms with Gasteiger partial charge in [-0.2, -0.15) is 0 Å². The molecule has 0 aliphatic carbocycles. The summed E-state index contributed by atoms with van der Waals surface area (Å²) in [6.07, 6.45) is -24.5. The number of aliphatic hydroxyl groups excluding tert-OH is 9. The summed E-state index contributed by atoms with van der Waals surface area (Å²) in [5.41, 5.74) is 0.860. The Labute approximate surface area is 324 Å². The van der Waals surface area contributed by atoms with Crippen LogP contribution in [-0.2, 0) is 44.4 Å². The Morgan fingerprint density at radius 2 is 1.21 bits per heavy atom. The molecule has 0 spiro atoms. The van der Waals surface area contributed by atoms with Crippen molar-refractivity contribution >= 4 is 12.0 Å². The molecule has 2 aromatic carbocycles. The van der Waals surface area contributed by atoms with Gasteiger partial charge >= 0.3 is 5.97 Å². The lowest BCUT2D eigenvalue weighted by atomic mass is 9.95. The Morgan fingerprint density at radius 1 is 0.649 bits per heavy atom. The molecular weight excluding hydrogens is 768 g/mol. The van der Waals surface area contributed by atoms with Crippen molar-refractivity contribution in [2.45, 2.75) is 98.5 Å². The molecule has 0 amide bonds. The maximum Gasteiger partial charge on any atom is 0.331 e. The van der Waals surface area contributed by atoms with Crippen molar-refractivity contribution in [3.63, 3.8) is 0 Å². The molecule has 21 nitrogen and oxygen atoms in total. The number of rotatable bonds is 15. The number of methoxy groups -OCH3 is 1. The molecule has 21 heteroatoms. The number of ether oxygens (including phenoxy) is 8. The van der Waals surface area contributed by atoms with Gasteiger partial charge in [0.25, 0.3) is 0 Å². The Balaban J connectivity index is 1.51. The van der Waals surface area contributed by atoms with Crippen LogP contribution in [0, 0.1) is 0 Å². The molecule has 3 heterocycles. The van der Waals surface area contributed by atoms with Gasteiger partial charge in [0.2, 0.25) is 0 Å². The van der Waals surface area contributed by atoms with Crippen LogP contribution >= 0.6 is 0 Å². The highest BCUT2D eigenvalue weighted by atomic mass is 16.8. The molecule has 3 aliphatic rings. The van der Waals surface area contributed by atoms with Crippen molar-refractivity contribution in [1.29, 1.82) is 0 Å². The lowest BCUT2D eigenvalue weighted by molar-refractivity contribution is -0.391. The first-order chi connectivity index (χ1) is 27.2. The van der Waals surface area contributed by atoms with Gasteiger partial charge in [-0.25, -0.2) is 4.79 Å². The Kier molecular flexibility index (Phi) is 15.4. The zero-order valence-corrected chi connectivity index (χ0v) is 30.4. The third kappa shape index (κ3) is 10.3. The molecule has 318 valence electrons. The first-order valence-electron chi connectivity index (χ1n) is 17.8. The lowest BCUT2D eigenvalue weighted by Gasteiger charge is -2.49. The second-order valence-corrected chi connectivity index (χ2v) is 13.4. The van der Waals surface area contributed by atoms with Gasteiger partial charge in [0.05, 0.1) is 33.5 Å². The number of phenolic OH excluding ortho intramolecular Hbond substituents is 3. The van der Waals surface area contributed by atoms with Crippen molar-refractivity contribution in [2.75, 3.05) is 33.5 Å². The molecule has 2 aromatic rings. The van der Waals surface area contributed by atoms with Gasteiger partial charge in [-0.1, -0.05) is 12.1 Å². The predicted molar refractivity (Wildman–Crippen MR) is 186 cm³/mol. The molecule has 0 unspecified atom stereocenters. The summed E-state index contributed by atoms with van der Waals surface area (Å²) in [6, 6.07) is 8.18. The maximum absolute atomic E-state index is 13.4. The Bertz CT molecular complexity index is 1640. The number of hydrogen-bond donors (Lipinski definition) is 12. The minimum absolute atomic E-state index is 0.0632. The quantitative estimate of drug-likeness (QED) is 0.0464. The zero-order chi connectivity index (χ0) is 41.6. The summed E-state index contributed by atoms with van der Waals surface area (Å²) in [5, 5.41) is 124. The van der Waals surface area contributed by atoms with Crippen molar-refractivity contribution in [3.05, 3.63) is 53.6 Å². The summed E-state index contributed by atoms with van der Waals surface area (Å²) in [4.78, 5) is 13.4. The number of phenols is 3. The summed E-state index contributed by atoms with van der Waals surface area (Å²) < 4.78 is 46.1. The van der Waals surface area contributed by atoms with E-state index in [4.69, 9.17) is 37.9 Å². The van der Waals surface area contributed by atoms with Crippen molar-refractivity contribution < 1.29 is 104 Å². The smallest absolute Gasteiger partial charge is 0.331 e. The third-order valence-electron chi connectivity index (χ3n) is 9.63. The van der Waals surface area contributed by atoms with Crippen LogP contribution in [0.4, 0.5) is 0 Å². The number of carbonyl (C=O) groups is 1. The molecule has 5 rings (SSSR count). The maximum atomic E-state index is 13.4. The molecule has 57 heavy (non-hydrogen) atoms. The average molecular weight is 817 g/mol. The van der Waals surface area contributed by atoms with Crippen LogP contribution in [0.25, 0.3) is 6.08 Å². The van der Waals surface area contributed by atoms with E-state index in [-0.39, 0.29) is 30.3 Å². The van der Waals surface area contributed by atoms with Crippen LogP contribution in [0.5, 0.6) is 23.0 Å². The molecule has 0 bridgehead atoms. The summed E-state index contributed by atoms with van der Waals surface area (Å²) in [7, 11) is 1.32. The fourth-order valence-corrected chi connectivity index (χ4v) is 6.42. The van der Waals surface area contributed by atoms with Gasteiger partial charge in [-0.05, 0) is 47.9 Å². The lowest BCUT2D eigenvalue weighted by Crippen LogP contribution is -2.67. The second-order valence-electron chi connectivity index (χ2n) is 13.4. The first-order valence-corrected chi connectivity index (χ1v) is 17.8. The molecule has 3 saturated heterocycles. The van der Waals surface area contributed by atoms with Gasteiger partial charge in [-0.15, -0.1) is 0 Å². The van der Waals surface area contributed by atoms with Crippen LogP contribution in [0.3, 0.4) is 0 Å². The Morgan fingerprint density at radius 3 is 1.77 bits per heavy atom. The Hall–Kier alpha value is -3.75. The molecule has 15 atom stereocenters.